The summed E-state index contributed by atoms with van der Waals surface area (Å²) >= 11 is 0. The Hall–Kier alpha value is -1.44. The third-order valence-electron chi connectivity index (χ3n) is 5.11. The zero-order chi connectivity index (χ0) is 14.5. The Bertz CT molecular complexity index is 526. The van der Waals surface area contributed by atoms with E-state index >= 15 is 0 Å². The number of benzene rings is 1. The van der Waals surface area contributed by atoms with Crippen molar-refractivity contribution in [2.24, 2.45) is 0 Å². The summed E-state index contributed by atoms with van der Waals surface area (Å²) in [6, 6.07) is 0. The fraction of sp³-hybridized carbons (Fsp3) is 0.529. The second-order valence-electron chi connectivity index (χ2n) is 5.92. The number of hydrogen-bond acceptors (Lipinski definition) is 2. The van der Waals surface area contributed by atoms with Crippen molar-refractivity contribution in [1.29, 1.82) is 0 Å². The van der Waals surface area contributed by atoms with Crippen LogP contribution in [-0.2, 0) is 0 Å². The average molecular weight is 258 g/mol. The standard InChI is InChI=1S/C17H26N2/c1-10-11(2)13(4)17(14(5)12(10)3)16-9-18(7)15(6)19(16)8/h9,15H,1-8H3. The minimum Gasteiger partial charge on any atom is -0.359 e. The first kappa shape index (κ1) is 14.0. The molecule has 104 valence electrons. The van der Waals surface area contributed by atoms with Gasteiger partial charge in [-0.15, -0.1) is 0 Å². The molecule has 1 aromatic rings. The van der Waals surface area contributed by atoms with Gasteiger partial charge in [-0.05, 0) is 69.4 Å². The average Bonchev–Trinajstić information content (AvgIpc) is 2.62. The highest BCUT2D eigenvalue weighted by Crippen LogP contribution is 2.35. The van der Waals surface area contributed by atoms with Gasteiger partial charge < -0.3 is 9.80 Å². The molecule has 2 rings (SSSR count). The fourth-order valence-electron chi connectivity index (χ4n) is 2.99. The molecule has 1 heterocycles. The van der Waals surface area contributed by atoms with Gasteiger partial charge in [-0.1, -0.05) is 0 Å². The summed E-state index contributed by atoms with van der Waals surface area (Å²) in [5.41, 5.74) is 9.88. The molecule has 2 nitrogen and oxygen atoms in total. The van der Waals surface area contributed by atoms with Crippen LogP contribution in [0.4, 0.5) is 0 Å². The van der Waals surface area contributed by atoms with E-state index in [1.54, 1.807) is 0 Å². The van der Waals surface area contributed by atoms with E-state index < -0.39 is 0 Å². The van der Waals surface area contributed by atoms with Crippen LogP contribution >= 0.6 is 0 Å². The molecule has 0 aliphatic carbocycles. The summed E-state index contributed by atoms with van der Waals surface area (Å²) < 4.78 is 0. The van der Waals surface area contributed by atoms with Gasteiger partial charge in [0.05, 0.1) is 11.9 Å². The first-order valence-electron chi connectivity index (χ1n) is 7.01. The van der Waals surface area contributed by atoms with Gasteiger partial charge in [0.2, 0.25) is 0 Å². The first-order valence-corrected chi connectivity index (χ1v) is 7.01. The number of rotatable bonds is 1. The Morgan fingerprint density at radius 3 is 1.58 bits per heavy atom. The molecule has 0 aromatic heterocycles. The van der Waals surface area contributed by atoms with E-state index in [1.165, 1.54) is 39.1 Å². The molecular weight excluding hydrogens is 232 g/mol. The van der Waals surface area contributed by atoms with E-state index in [-0.39, 0.29) is 0 Å². The molecule has 0 spiro atoms. The number of nitrogens with zero attached hydrogens (tertiary/aromatic N) is 2. The van der Waals surface area contributed by atoms with Crippen molar-refractivity contribution in [2.45, 2.75) is 47.7 Å². The summed E-state index contributed by atoms with van der Waals surface area (Å²) in [5.74, 6) is 0. The second-order valence-corrected chi connectivity index (χ2v) is 5.92. The summed E-state index contributed by atoms with van der Waals surface area (Å²) in [5, 5.41) is 0. The maximum Gasteiger partial charge on any atom is 0.0977 e. The van der Waals surface area contributed by atoms with Gasteiger partial charge in [-0.2, -0.15) is 0 Å². The monoisotopic (exact) mass is 258 g/mol. The molecule has 0 radical (unpaired) electrons. The SMILES string of the molecule is Cc1c(C)c(C)c(C2=CN(C)C(C)N2C)c(C)c1C. The van der Waals surface area contributed by atoms with Crippen molar-refractivity contribution >= 4 is 5.70 Å². The summed E-state index contributed by atoms with van der Waals surface area (Å²) in [6.07, 6.45) is 2.70. The predicted octanol–water partition coefficient (Wildman–Crippen LogP) is 3.75. The van der Waals surface area contributed by atoms with Crippen LogP contribution in [0.15, 0.2) is 6.20 Å². The zero-order valence-electron chi connectivity index (χ0n) is 13.5. The molecule has 1 unspecified atom stereocenters. The summed E-state index contributed by atoms with van der Waals surface area (Å²) in [7, 11) is 4.33. The van der Waals surface area contributed by atoms with Crippen molar-refractivity contribution in [3.8, 4) is 0 Å². The van der Waals surface area contributed by atoms with E-state index in [2.05, 4.69) is 71.6 Å². The molecule has 1 aliphatic heterocycles. The van der Waals surface area contributed by atoms with Crippen LogP contribution in [0.3, 0.4) is 0 Å². The molecule has 0 saturated carbocycles. The van der Waals surface area contributed by atoms with Gasteiger partial charge in [-0.3, -0.25) is 0 Å². The Kier molecular flexibility index (Phi) is 3.38. The van der Waals surface area contributed by atoms with Gasteiger partial charge in [0.15, 0.2) is 0 Å². The van der Waals surface area contributed by atoms with Crippen LogP contribution in [0.5, 0.6) is 0 Å². The smallest absolute Gasteiger partial charge is 0.0977 e. The molecular formula is C17H26N2. The van der Waals surface area contributed by atoms with Crippen LogP contribution in [0.25, 0.3) is 5.70 Å². The molecule has 1 aromatic carbocycles. The van der Waals surface area contributed by atoms with Crippen LogP contribution in [0.1, 0.15) is 40.3 Å². The minimum atomic E-state index is 0.427. The van der Waals surface area contributed by atoms with Gasteiger partial charge in [-0.25, -0.2) is 0 Å². The van der Waals surface area contributed by atoms with E-state index in [1.807, 2.05) is 0 Å². The van der Waals surface area contributed by atoms with Gasteiger partial charge in [0.1, 0.15) is 0 Å². The Morgan fingerprint density at radius 1 is 0.789 bits per heavy atom. The largest absolute Gasteiger partial charge is 0.359 e. The van der Waals surface area contributed by atoms with Crippen molar-refractivity contribution in [3.63, 3.8) is 0 Å². The maximum atomic E-state index is 2.36. The van der Waals surface area contributed by atoms with E-state index in [0.717, 1.165) is 0 Å². The van der Waals surface area contributed by atoms with Crippen LogP contribution < -0.4 is 0 Å². The quantitative estimate of drug-likeness (QED) is 0.757. The number of hydrogen-bond donors (Lipinski definition) is 0. The van der Waals surface area contributed by atoms with Crippen molar-refractivity contribution in [2.75, 3.05) is 14.1 Å². The Morgan fingerprint density at radius 2 is 1.21 bits per heavy atom. The van der Waals surface area contributed by atoms with E-state index in [0.29, 0.717) is 6.17 Å². The zero-order valence-corrected chi connectivity index (χ0v) is 13.5. The van der Waals surface area contributed by atoms with Crippen LogP contribution in [0, 0.1) is 34.6 Å². The van der Waals surface area contributed by atoms with E-state index in [9.17, 15) is 0 Å². The van der Waals surface area contributed by atoms with Crippen molar-refractivity contribution < 1.29 is 0 Å². The lowest BCUT2D eigenvalue weighted by molar-refractivity contribution is 0.233. The molecule has 0 saturated heterocycles. The normalized spacial score (nSPS) is 19.2. The molecule has 1 aliphatic rings. The summed E-state index contributed by atoms with van der Waals surface area (Å²) in [4.78, 5) is 4.64. The van der Waals surface area contributed by atoms with Crippen LogP contribution in [0.2, 0.25) is 0 Å². The van der Waals surface area contributed by atoms with E-state index in [4.69, 9.17) is 0 Å². The fourth-order valence-corrected chi connectivity index (χ4v) is 2.99. The first-order chi connectivity index (χ1) is 8.77. The van der Waals surface area contributed by atoms with Crippen molar-refractivity contribution in [3.05, 3.63) is 39.6 Å². The third kappa shape index (κ3) is 1.94. The topological polar surface area (TPSA) is 6.48 Å². The maximum absolute atomic E-state index is 2.36. The molecule has 19 heavy (non-hydrogen) atoms. The van der Waals surface area contributed by atoms with Crippen molar-refractivity contribution in [1.82, 2.24) is 9.80 Å². The Balaban J connectivity index is 2.68. The highest BCUT2D eigenvalue weighted by atomic mass is 15.4. The Labute approximate surface area is 117 Å². The van der Waals surface area contributed by atoms with Gasteiger partial charge in [0, 0.05) is 25.9 Å². The third-order valence-corrected chi connectivity index (χ3v) is 5.11. The lowest BCUT2D eigenvalue weighted by Crippen LogP contribution is -2.32. The minimum absolute atomic E-state index is 0.427. The lowest BCUT2D eigenvalue weighted by atomic mass is 9.88. The summed E-state index contributed by atoms with van der Waals surface area (Å²) in [6.45, 7) is 13.5. The van der Waals surface area contributed by atoms with Gasteiger partial charge in [0.25, 0.3) is 0 Å². The highest BCUT2D eigenvalue weighted by molar-refractivity contribution is 5.73. The van der Waals surface area contributed by atoms with Gasteiger partial charge >= 0.3 is 0 Å². The molecule has 0 fully saturated rings. The molecule has 0 N–H and O–H groups in total. The lowest BCUT2D eigenvalue weighted by Gasteiger charge is -2.28. The second kappa shape index (κ2) is 4.59. The predicted molar refractivity (Wildman–Crippen MR) is 83.1 cm³/mol. The molecule has 2 heteroatoms. The highest BCUT2D eigenvalue weighted by Gasteiger charge is 2.27. The molecule has 0 bridgehead atoms. The van der Waals surface area contributed by atoms with Crippen LogP contribution in [-0.4, -0.2) is 30.1 Å². The molecule has 1 atom stereocenters. The molecule has 0 amide bonds.